The summed E-state index contributed by atoms with van der Waals surface area (Å²) in [4.78, 5) is 4.57. The van der Waals surface area contributed by atoms with E-state index in [1.807, 2.05) is 13.0 Å². The fourth-order valence-electron chi connectivity index (χ4n) is 2.85. The second-order valence-electron chi connectivity index (χ2n) is 5.73. The van der Waals surface area contributed by atoms with Crippen LogP contribution in [0.2, 0.25) is 5.02 Å². The van der Waals surface area contributed by atoms with Gasteiger partial charge >= 0.3 is 0 Å². The fourth-order valence-corrected chi connectivity index (χ4v) is 3.85. The van der Waals surface area contributed by atoms with Crippen molar-refractivity contribution in [2.24, 2.45) is 0 Å². The maximum atomic E-state index is 14.7. The van der Waals surface area contributed by atoms with Crippen LogP contribution < -0.4 is 0 Å². The zero-order valence-corrected chi connectivity index (χ0v) is 16.4. The molecule has 2 heterocycles. The minimum absolute atomic E-state index is 0.263. The molecule has 0 spiro atoms. The third-order valence-electron chi connectivity index (χ3n) is 3.88. The van der Waals surface area contributed by atoms with E-state index in [1.54, 1.807) is 22.7 Å². The van der Waals surface area contributed by atoms with Crippen LogP contribution in [0.15, 0.2) is 34.9 Å². The van der Waals surface area contributed by atoms with Crippen molar-refractivity contribution in [3.8, 4) is 11.3 Å². The van der Waals surface area contributed by atoms with Gasteiger partial charge in [0.15, 0.2) is 12.0 Å². The van der Waals surface area contributed by atoms with Gasteiger partial charge in [0.2, 0.25) is 0 Å². The van der Waals surface area contributed by atoms with E-state index in [0.717, 1.165) is 17.6 Å². The van der Waals surface area contributed by atoms with E-state index in [4.69, 9.17) is 16.2 Å². The van der Waals surface area contributed by atoms with Gasteiger partial charge in [0.1, 0.15) is 11.5 Å². The third-order valence-corrected chi connectivity index (χ3v) is 5.13. The maximum absolute atomic E-state index is 14.7. The van der Waals surface area contributed by atoms with Crippen LogP contribution in [-0.4, -0.2) is 30.9 Å². The number of aromatic nitrogens is 2. The number of nitrogens with zero attached hydrogens (tertiary/aromatic N) is 2. The van der Waals surface area contributed by atoms with Crippen LogP contribution in [0.1, 0.15) is 11.3 Å². The Morgan fingerprint density at radius 2 is 2.20 bits per heavy atom. The largest absolute Gasteiger partial charge is 0.392 e. The highest BCUT2D eigenvalue weighted by Gasteiger charge is 2.22. The van der Waals surface area contributed by atoms with Crippen molar-refractivity contribution < 1.29 is 14.0 Å². The van der Waals surface area contributed by atoms with Crippen LogP contribution in [0.5, 0.6) is 0 Å². The first kappa shape index (κ1) is 18.7. The van der Waals surface area contributed by atoms with Crippen LogP contribution in [0.25, 0.3) is 16.9 Å². The highest BCUT2D eigenvalue weighted by molar-refractivity contribution is 9.10. The van der Waals surface area contributed by atoms with Crippen molar-refractivity contribution in [3.63, 3.8) is 0 Å². The Morgan fingerprint density at radius 3 is 2.88 bits per heavy atom. The molecule has 8 heteroatoms. The Labute approximate surface area is 162 Å². The summed E-state index contributed by atoms with van der Waals surface area (Å²) in [6.07, 6.45) is 1.30. The Bertz CT molecular complexity index is 911. The standard InChI is InChI=1S/C17H15BrClFN2O2S/c1-9-4-10(18)5-13(20)16(9)17-14(7-12(23)8-25-24)22-3-2-11(19)6-15(22)21-17/h2-6,12,23-24H,7-8H2,1H3/p+1. The van der Waals surface area contributed by atoms with Gasteiger partial charge in [-0.2, -0.15) is 0 Å². The monoisotopic (exact) mass is 445 g/mol. The van der Waals surface area contributed by atoms with Crippen LogP contribution in [0, 0.1) is 12.7 Å². The highest BCUT2D eigenvalue weighted by Crippen LogP contribution is 2.33. The molecule has 2 aromatic heterocycles. The fraction of sp³-hybridized carbons (Fsp3) is 0.235. The lowest BCUT2D eigenvalue weighted by atomic mass is 10.0. The molecule has 4 nitrogen and oxygen atoms in total. The van der Waals surface area contributed by atoms with Gasteiger partial charge in [0, 0.05) is 33.7 Å². The smallest absolute Gasteiger partial charge is 0.186 e. The summed E-state index contributed by atoms with van der Waals surface area (Å²) < 4.78 is 24.3. The number of hydrogen-bond donors (Lipinski definition) is 1. The van der Waals surface area contributed by atoms with E-state index in [1.165, 1.54) is 6.07 Å². The molecule has 0 saturated heterocycles. The first-order valence-electron chi connectivity index (χ1n) is 7.49. The number of imidazole rings is 1. The number of pyridine rings is 1. The second-order valence-corrected chi connectivity index (χ2v) is 7.70. The molecule has 3 N–H and O–H groups in total. The summed E-state index contributed by atoms with van der Waals surface area (Å²) in [5.41, 5.74) is 2.91. The van der Waals surface area contributed by atoms with Crippen LogP contribution >= 0.6 is 39.6 Å². The summed E-state index contributed by atoms with van der Waals surface area (Å²) in [5.74, 6) is -0.116. The molecular weight excluding hydrogens is 431 g/mol. The predicted molar refractivity (Wildman–Crippen MR) is 104 cm³/mol. The van der Waals surface area contributed by atoms with Crippen LogP contribution in [-0.2, 0) is 6.42 Å². The van der Waals surface area contributed by atoms with Gasteiger partial charge in [-0.1, -0.05) is 27.5 Å². The van der Waals surface area contributed by atoms with Crippen LogP contribution in [0.3, 0.4) is 0 Å². The number of rotatable bonds is 5. The average Bonchev–Trinajstić information content (AvgIpc) is 2.84. The first-order valence-corrected chi connectivity index (χ1v) is 9.65. The van der Waals surface area contributed by atoms with E-state index in [9.17, 15) is 9.50 Å². The first-order chi connectivity index (χ1) is 11.9. The second kappa shape index (κ2) is 7.63. The third kappa shape index (κ3) is 3.85. The molecule has 0 amide bonds. The molecule has 1 aromatic carbocycles. The molecule has 1 atom stereocenters. The Morgan fingerprint density at radius 1 is 1.44 bits per heavy atom. The molecule has 3 rings (SSSR count). The zero-order valence-electron chi connectivity index (χ0n) is 13.3. The van der Waals surface area contributed by atoms with Crippen molar-refractivity contribution >= 4 is 45.2 Å². The average molecular weight is 447 g/mol. The lowest BCUT2D eigenvalue weighted by Gasteiger charge is -2.11. The van der Waals surface area contributed by atoms with Gasteiger partial charge in [0.25, 0.3) is 0 Å². The summed E-state index contributed by atoms with van der Waals surface area (Å²) in [7, 11) is 0. The van der Waals surface area contributed by atoms with Crippen LogP contribution in [0.4, 0.5) is 4.39 Å². The van der Waals surface area contributed by atoms with Gasteiger partial charge in [0.05, 0.1) is 23.2 Å². The van der Waals surface area contributed by atoms with E-state index in [-0.39, 0.29) is 18.0 Å². The van der Waals surface area contributed by atoms with E-state index >= 15 is 0 Å². The van der Waals surface area contributed by atoms with Crippen molar-refractivity contribution in [1.82, 2.24) is 9.38 Å². The quantitative estimate of drug-likeness (QED) is 0.473. The molecular formula is C17H16BrClFN2O2S+. The molecule has 132 valence electrons. The van der Waals surface area contributed by atoms with Crippen molar-refractivity contribution in [1.29, 1.82) is 0 Å². The molecule has 0 aliphatic rings. The molecule has 0 radical (unpaired) electrons. The predicted octanol–water partition coefficient (Wildman–Crippen LogP) is 4.14. The summed E-state index contributed by atoms with van der Waals surface area (Å²) in [6, 6.07) is 6.65. The molecule has 0 fully saturated rings. The van der Waals surface area contributed by atoms with Gasteiger partial charge in [-0.25, -0.2) is 9.37 Å². The molecule has 0 bridgehead atoms. The molecule has 0 aliphatic heterocycles. The number of aliphatic hydroxyl groups excluding tert-OH is 1. The van der Waals surface area contributed by atoms with Crippen molar-refractivity contribution in [2.45, 2.75) is 19.4 Å². The minimum atomic E-state index is -0.726. The number of aliphatic hydroxyl groups is 1. The summed E-state index contributed by atoms with van der Waals surface area (Å²) >= 11 is 10.2. The number of hydrogen-bond acceptors (Lipinski definition) is 3. The Balaban J connectivity index is 2.23. The molecule has 0 aliphatic carbocycles. The zero-order chi connectivity index (χ0) is 18.1. The molecule has 3 aromatic rings. The lowest BCUT2D eigenvalue weighted by Crippen LogP contribution is -2.15. The Hall–Kier alpha value is -1.12. The normalized spacial score (nSPS) is 12.7. The maximum Gasteiger partial charge on any atom is 0.186 e. The number of fused-ring (bicyclic) bond motifs is 1. The molecule has 1 unspecified atom stereocenters. The number of aryl methyl sites for hydroxylation is 1. The number of benzene rings is 1. The van der Waals surface area contributed by atoms with E-state index < -0.39 is 6.10 Å². The molecule has 0 saturated carbocycles. The van der Waals surface area contributed by atoms with Gasteiger partial charge < -0.3 is 14.1 Å². The van der Waals surface area contributed by atoms with Gasteiger partial charge in [-0.15, -0.1) is 0 Å². The van der Waals surface area contributed by atoms with Crippen molar-refractivity contribution in [3.05, 3.63) is 57.0 Å². The topological polar surface area (TPSA) is 60.4 Å². The molecule has 25 heavy (non-hydrogen) atoms. The minimum Gasteiger partial charge on any atom is -0.392 e. The van der Waals surface area contributed by atoms with Crippen molar-refractivity contribution in [2.75, 3.05) is 5.75 Å². The summed E-state index contributed by atoms with van der Waals surface area (Å²) in [6.45, 7) is 1.82. The van der Waals surface area contributed by atoms with Gasteiger partial charge in [-0.3, -0.25) is 0 Å². The van der Waals surface area contributed by atoms with E-state index in [2.05, 4.69) is 20.9 Å². The van der Waals surface area contributed by atoms with E-state index in [0.29, 0.717) is 32.1 Å². The Kier molecular flexibility index (Phi) is 5.70. The highest BCUT2D eigenvalue weighted by atomic mass is 79.9. The summed E-state index contributed by atoms with van der Waals surface area (Å²) in [5, 5.41) is 10.7. The van der Waals surface area contributed by atoms with Gasteiger partial charge in [-0.05, 0) is 30.7 Å². The number of halogens is 3. The SMILES string of the molecule is Cc1cc(Br)cc(F)c1-c1nc2cc(Cl)ccn2c1CC(O)CS[OH2+]. The lowest BCUT2D eigenvalue weighted by molar-refractivity contribution is 0.197.